The Labute approximate surface area is 119 Å². The second-order valence-corrected chi connectivity index (χ2v) is 6.45. The van der Waals surface area contributed by atoms with E-state index in [1.165, 1.54) is 12.1 Å². The van der Waals surface area contributed by atoms with Crippen molar-refractivity contribution in [3.05, 3.63) is 24.0 Å². The highest BCUT2D eigenvalue weighted by Crippen LogP contribution is 2.17. The van der Waals surface area contributed by atoms with Gasteiger partial charge in [-0.25, -0.2) is 17.5 Å². The van der Waals surface area contributed by atoms with E-state index in [1.54, 1.807) is 0 Å². The Morgan fingerprint density at radius 2 is 1.95 bits per heavy atom. The molecule has 0 aliphatic heterocycles. The topological polar surface area (TPSA) is 92.4 Å². The largest absolute Gasteiger partial charge is 0.396 e. The van der Waals surface area contributed by atoms with Crippen molar-refractivity contribution in [2.45, 2.75) is 37.7 Å². The summed E-state index contributed by atoms with van der Waals surface area (Å²) in [5.41, 5.74) is 5.19. The Morgan fingerprint density at radius 1 is 1.35 bits per heavy atom. The van der Waals surface area contributed by atoms with Crippen molar-refractivity contribution in [2.75, 3.05) is 12.3 Å². The fraction of sp³-hybridized carbons (Fsp3) is 0.538. The van der Waals surface area contributed by atoms with E-state index in [4.69, 9.17) is 5.73 Å². The number of nitrogens with one attached hydrogen (secondary N) is 1. The van der Waals surface area contributed by atoms with Gasteiger partial charge in [0.2, 0.25) is 10.0 Å². The van der Waals surface area contributed by atoms with Crippen LogP contribution < -0.4 is 10.5 Å². The van der Waals surface area contributed by atoms with Gasteiger partial charge in [0.1, 0.15) is 5.82 Å². The minimum absolute atomic E-state index is 0.0286. The van der Waals surface area contributed by atoms with Crippen molar-refractivity contribution in [3.8, 4) is 0 Å². The van der Waals surface area contributed by atoms with Crippen molar-refractivity contribution < 1.29 is 17.9 Å². The number of hydrogen-bond donors (Lipinski definition) is 3. The molecule has 0 fully saturated rings. The molecule has 0 heterocycles. The minimum Gasteiger partial charge on any atom is -0.396 e. The summed E-state index contributed by atoms with van der Waals surface area (Å²) in [7, 11) is -3.85. The summed E-state index contributed by atoms with van der Waals surface area (Å²) in [6.45, 7) is 3.77. The van der Waals surface area contributed by atoms with E-state index < -0.39 is 21.9 Å². The fourth-order valence-electron chi connectivity index (χ4n) is 1.95. The van der Waals surface area contributed by atoms with Crippen molar-refractivity contribution in [1.29, 1.82) is 0 Å². The molecule has 4 N–H and O–H groups in total. The standard InChI is InChI=1S/C13H21FN2O3S/c1-3-9(4-2)13(17)8-16-20(18,19)10-5-6-12(15)11(14)7-10/h5-7,9,13,16-17H,3-4,8,15H2,1-2H3. The Hall–Kier alpha value is -1.18. The summed E-state index contributed by atoms with van der Waals surface area (Å²) in [4.78, 5) is -0.207. The number of rotatable bonds is 7. The van der Waals surface area contributed by atoms with Crippen LogP contribution in [0.2, 0.25) is 0 Å². The fourth-order valence-corrected chi connectivity index (χ4v) is 3.02. The van der Waals surface area contributed by atoms with E-state index in [-0.39, 0.29) is 23.0 Å². The van der Waals surface area contributed by atoms with Gasteiger partial charge in [0.05, 0.1) is 16.7 Å². The zero-order chi connectivity index (χ0) is 15.3. The summed E-state index contributed by atoms with van der Waals surface area (Å²) in [5, 5.41) is 9.90. The first-order chi connectivity index (χ1) is 9.31. The van der Waals surface area contributed by atoms with Crippen LogP contribution in [0.25, 0.3) is 0 Å². The molecule has 20 heavy (non-hydrogen) atoms. The van der Waals surface area contributed by atoms with Gasteiger partial charge in [0, 0.05) is 6.54 Å². The maximum absolute atomic E-state index is 13.3. The molecule has 1 unspecified atom stereocenters. The quantitative estimate of drug-likeness (QED) is 0.665. The van der Waals surface area contributed by atoms with Crippen molar-refractivity contribution >= 4 is 15.7 Å². The van der Waals surface area contributed by atoms with Crippen LogP contribution in [0.3, 0.4) is 0 Å². The second-order valence-electron chi connectivity index (χ2n) is 4.68. The maximum Gasteiger partial charge on any atom is 0.240 e. The van der Waals surface area contributed by atoms with Crippen LogP contribution in [-0.4, -0.2) is 26.2 Å². The highest BCUT2D eigenvalue weighted by atomic mass is 32.2. The van der Waals surface area contributed by atoms with Crippen LogP contribution in [0.15, 0.2) is 23.1 Å². The Kier molecular flexibility index (Phi) is 5.91. The number of nitrogen functional groups attached to an aromatic ring is 1. The molecule has 0 spiro atoms. The molecule has 0 radical (unpaired) electrons. The zero-order valence-electron chi connectivity index (χ0n) is 11.6. The van der Waals surface area contributed by atoms with Crippen LogP contribution in [-0.2, 0) is 10.0 Å². The molecule has 5 nitrogen and oxygen atoms in total. The smallest absolute Gasteiger partial charge is 0.240 e. The van der Waals surface area contributed by atoms with E-state index in [9.17, 15) is 17.9 Å². The summed E-state index contributed by atoms with van der Waals surface area (Å²) >= 11 is 0. The molecule has 0 aliphatic carbocycles. The van der Waals surface area contributed by atoms with E-state index >= 15 is 0 Å². The molecule has 0 aliphatic rings. The Morgan fingerprint density at radius 3 is 2.45 bits per heavy atom. The molecule has 0 saturated heterocycles. The number of aliphatic hydroxyl groups is 1. The number of benzene rings is 1. The molecule has 1 rings (SSSR count). The van der Waals surface area contributed by atoms with E-state index in [0.29, 0.717) is 0 Å². The molecule has 7 heteroatoms. The van der Waals surface area contributed by atoms with Crippen LogP contribution in [0, 0.1) is 11.7 Å². The molecular weight excluding hydrogens is 283 g/mol. The third-order valence-corrected chi connectivity index (χ3v) is 4.78. The number of aliphatic hydroxyl groups excluding tert-OH is 1. The molecule has 114 valence electrons. The van der Waals surface area contributed by atoms with E-state index in [1.807, 2.05) is 13.8 Å². The monoisotopic (exact) mass is 304 g/mol. The summed E-state index contributed by atoms with van der Waals surface area (Å²) < 4.78 is 39.5. The van der Waals surface area contributed by atoms with E-state index in [0.717, 1.165) is 18.9 Å². The lowest BCUT2D eigenvalue weighted by molar-refractivity contribution is 0.107. The van der Waals surface area contributed by atoms with Gasteiger partial charge in [-0.15, -0.1) is 0 Å². The van der Waals surface area contributed by atoms with Crippen molar-refractivity contribution in [3.63, 3.8) is 0 Å². The van der Waals surface area contributed by atoms with Crippen LogP contribution in [0.1, 0.15) is 26.7 Å². The van der Waals surface area contributed by atoms with Gasteiger partial charge in [-0.1, -0.05) is 26.7 Å². The zero-order valence-corrected chi connectivity index (χ0v) is 12.5. The minimum atomic E-state index is -3.85. The number of halogens is 1. The number of hydrogen-bond acceptors (Lipinski definition) is 4. The average Bonchev–Trinajstić information content (AvgIpc) is 2.41. The summed E-state index contributed by atoms with van der Waals surface area (Å²) in [6.07, 6.45) is 0.754. The van der Waals surface area contributed by atoms with Crippen LogP contribution >= 0.6 is 0 Å². The van der Waals surface area contributed by atoms with Crippen molar-refractivity contribution in [2.24, 2.45) is 5.92 Å². The number of nitrogens with two attached hydrogens (primary N) is 1. The van der Waals surface area contributed by atoms with Gasteiger partial charge in [0.25, 0.3) is 0 Å². The molecule has 0 amide bonds. The van der Waals surface area contributed by atoms with Gasteiger partial charge in [0.15, 0.2) is 0 Å². The highest BCUT2D eigenvalue weighted by Gasteiger charge is 2.20. The Balaban J connectivity index is 2.77. The number of sulfonamides is 1. The summed E-state index contributed by atoms with van der Waals surface area (Å²) in [6, 6.07) is 3.28. The molecule has 1 atom stereocenters. The molecule has 0 aromatic heterocycles. The first kappa shape index (κ1) is 16.9. The lowest BCUT2D eigenvalue weighted by Crippen LogP contribution is -2.36. The van der Waals surface area contributed by atoms with Crippen molar-refractivity contribution in [1.82, 2.24) is 4.72 Å². The SMILES string of the molecule is CCC(CC)C(O)CNS(=O)(=O)c1ccc(N)c(F)c1. The van der Waals surface area contributed by atoms with Crippen LogP contribution in [0.5, 0.6) is 0 Å². The van der Waals surface area contributed by atoms with Gasteiger partial charge >= 0.3 is 0 Å². The molecule has 1 aromatic rings. The Bertz CT molecular complexity index is 545. The van der Waals surface area contributed by atoms with Gasteiger partial charge < -0.3 is 10.8 Å². The predicted octanol–water partition coefficient (Wildman–Crippen LogP) is 1.48. The third-order valence-electron chi connectivity index (χ3n) is 3.36. The van der Waals surface area contributed by atoms with Gasteiger partial charge in [-0.2, -0.15) is 0 Å². The molecule has 0 bridgehead atoms. The molecule has 0 saturated carbocycles. The summed E-state index contributed by atoms with van der Waals surface area (Å²) in [5.74, 6) is -0.755. The first-order valence-electron chi connectivity index (χ1n) is 6.54. The third kappa shape index (κ3) is 4.16. The van der Waals surface area contributed by atoms with Crippen LogP contribution in [0.4, 0.5) is 10.1 Å². The molecule has 1 aromatic carbocycles. The predicted molar refractivity (Wildman–Crippen MR) is 76.1 cm³/mol. The lowest BCUT2D eigenvalue weighted by Gasteiger charge is -2.20. The van der Waals surface area contributed by atoms with E-state index in [2.05, 4.69) is 4.72 Å². The maximum atomic E-state index is 13.3. The normalized spacial score (nSPS) is 13.7. The number of anilines is 1. The molecular formula is C13H21FN2O3S. The second kappa shape index (κ2) is 7.01. The highest BCUT2D eigenvalue weighted by molar-refractivity contribution is 7.89. The van der Waals surface area contributed by atoms with Gasteiger partial charge in [-0.05, 0) is 24.1 Å². The van der Waals surface area contributed by atoms with Gasteiger partial charge in [-0.3, -0.25) is 0 Å². The first-order valence-corrected chi connectivity index (χ1v) is 8.02. The average molecular weight is 304 g/mol. The lowest BCUT2D eigenvalue weighted by atomic mass is 9.97.